The predicted molar refractivity (Wildman–Crippen MR) is 66.2 cm³/mol. The van der Waals surface area contributed by atoms with E-state index in [4.69, 9.17) is 0 Å². The van der Waals surface area contributed by atoms with Crippen LogP contribution in [0.4, 0.5) is 0 Å². The van der Waals surface area contributed by atoms with Gasteiger partial charge >= 0.3 is 0 Å². The third-order valence-corrected chi connectivity index (χ3v) is 4.06. The summed E-state index contributed by atoms with van der Waals surface area (Å²) in [6, 6.07) is 0.389. The highest BCUT2D eigenvalue weighted by Crippen LogP contribution is 2.26. The molecule has 4 heteroatoms. The molecule has 0 aromatic rings. The summed E-state index contributed by atoms with van der Waals surface area (Å²) in [7, 11) is 0. The lowest BCUT2D eigenvalue weighted by molar-refractivity contribution is -0.121. The van der Waals surface area contributed by atoms with Crippen molar-refractivity contribution in [3.8, 4) is 0 Å². The molecule has 15 heavy (non-hydrogen) atoms. The standard InChI is InChI=1S/C11H22N2OS/c1-3-12-8-11(14)13-9-6-4-5-7-10(9)15-2/h9-10,12H,3-8H2,1-2H3,(H,13,14). The van der Waals surface area contributed by atoms with Gasteiger partial charge in [-0.2, -0.15) is 11.8 Å². The Labute approximate surface area is 96.8 Å². The van der Waals surface area contributed by atoms with Gasteiger partial charge in [0.25, 0.3) is 0 Å². The van der Waals surface area contributed by atoms with Crippen LogP contribution >= 0.6 is 11.8 Å². The van der Waals surface area contributed by atoms with E-state index in [2.05, 4.69) is 16.9 Å². The zero-order valence-corrected chi connectivity index (χ0v) is 10.5. The van der Waals surface area contributed by atoms with Crippen molar-refractivity contribution in [2.75, 3.05) is 19.3 Å². The molecule has 2 atom stereocenters. The van der Waals surface area contributed by atoms with Gasteiger partial charge in [0, 0.05) is 11.3 Å². The van der Waals surface area contributed by atoms with E-state index in [9.17, 15) is 4.79 Å². The Morgan fingerprint density at radius 3 is 2.80 bits per heavy atom. The summed E-state index contributed by atoms with van der Waals surface area (Å²) in [6.07, 6.45) is 7.09. The Bertz CT molecular complexity index is 199. The smallest absolute Gasteiger partial charge is 0.234 e. The van der Waals surface area contributed by atoms with Crippen molar-refractivity contribution < 1.29 is 4.79 Å². The van der Waals surface area contributed by atoms with Crippen LogP contribution in [0.3, 0.4) is 0 Å². The van der Waals surface area contributed by atoms with E-state index in [1.807, 2.05) is 18.7 Å². The third-order valence-electron chi connectivity index (χ3n) is 2.89. The molecular formula is C11H22N2OS. The molecule has 1 aliphatic carbocycles. The van der Waals surface area contributed by atoms with Crippen molar-refractivity contribution in [1.82, 2.24) is 10.6 Å². The summed E-state index contributed by atoms with van der Waals surface area (Å²) in [6.45, 7) is 3.32. The van der Waals surface area contributed by atoms with Gasteiger partial charge in [-0.15, -0.1) is 0 Å². The summed E-state index contributed by atoms with van der Waals surface area (Å²) in [4.78, 5) is 11.5. The lowest BCUT2D eigenvalue weighted by Crippen LogP contribution is -2.46. The van der Waals surface area contributed by atoms with Crippen LogP contribution in [0.15, 0.2) is 0 Å². The van der Waals surface area contributed by atoms with Gasteiger partial charge in [0.15, 0.2) is 0 Å². The summed E-state index contributed by atoms with van der Waals surface area (Å²) >= 11 is 1.88. The molecule has 0 spiro atoms. The van der Waals surface area contributed by atoms with Crippen LogP contribution in [-0.2, 0) is 4.79 Å². The summed E-state index contributed by atoms with van der Waals surface area (Å²) in [5.74, 6) is 0.141. The number of carbonyl (C=O) groups excluding carboxylic acids is 1. The molecule has 88 valence electrons. The molecule has 1 saturated carbocycles. The summed E-state index contributed by atoms with van der Waals surface area (Å²) in [5.41, 5.74) is 0. The Morgan fingerprint density at radius 2 is 2.13 bits per heavy atom. The molecule has 1 rings (SSSR count). The topological polar surface area (TPSA) is 41.1 Å². The highest BCUT2D eigenvalue weighted by Gasteiger charge is 2.25. The second kappa shape index (κ2) is 7.12. The van der Waals surface area contributed by atoms with Crippen LogP contribution in [0.2, 0.25) is 0 Å². The molecule has 2 unspecified atom stereocenters. The molecule has 0 saturated heterocycles. The number of hydrogen-bond acceptors (Lipinski definition) is 3. The zero-order chi connectivity index (χ0) is 11.1. The van der Waals surface area contributed by atoms with E-state index in [1.54, 1.807) is 0 Å². The molecule has 1 aliphatic rings. The summed E-state index contributed by atoms with van der Waals surface area (Å²) < 4.78 is 0. The minimum atomic E-state index is 0.141. The van der Waals surface area contributed by atoms with E-state index in [0.717, 1.165) is 13.0 Å². The second-order valence-corrected chi connectivity index (χ2v) is 5.09. The fourth-order valence-electron chi connectivity index (χ4n) is 2.04. The Kier molecular flexibility index (Phi) is 6.10. The molecule has 0 bridgehead atoms. The number of nitrogens with one attached hydrogen (secondary N) is 2. The molecule has 0 aromatic heterocycles. The van der Waals surface area contributed by atoms with Crippen molar-refractivity contribution in [3.05, 3.63) is 0 Å². The third kappa shape index (κ3) is 4.43. The van der Waals surface area contributed by atoms with Gasteiger partial charge in [-0.25, -0.2) is 0 Å². The number of carbonyl (C=O) groups is 1. The monoisotopic (exact) mass is 230 g/mol. The molecule has 1 fully saturated rings. The molecule has 0 radical (unpaired) electrons. The van der Waals surface area contributed by atoms with Gasteiger partial charge in [0.2, 0.25) is 5.91 Å². The van der Waals surface area contributed by atoms with Crippen molar-refractivity contribution in [2.45, 2.75) is 43.9 Å². The van der Waals surface area contributed by atoms with E-state index < -0.39 is 0 Å². The van der Waals surface area contributed by atoms with Crippen molar-refractivity contribution in [1.29, 1.82) is 0 Å². The van der Waals surface area contributed by atoms with Gasteiger partial charge in [-0.3, -0.25) is 4.79 Å². The van der Waals surface area contributed by atoms with Crippen LogP contribution in [0.5, 0.6) is 0 Å². The Morgan fingerprint density at radius 1 is 1.40 bits per heavy atom. The maximum Gasteiger partial charge on any atom is 0.234 e. The van der Waals surface area contributed by atoms with Gasteiger partial charge in [0.1, 0.15) is 0 Å². The van der Waals surface area contributed by atoms with Crippen LogP contribution in [0, 0.1) is 0 Å². The van der Waals surface area contributed by atoms with E-state index in [1.165, 1.54) is 19.3 Å². The van der Waals surface area contributed by atoms with Gasteiger partial charge in [-0.05, 0) is 25.6 Å². The average molecular weight is 230 g/mol. The SMILES string of the molecule is CCNCC(=O)NC1CCCCC1SC. The fraction of sp³-hybridized carbons (Fsp3) is 0.909. The number of hydrogen-bond donors (Lipinski definition) is 2. The highest BCUT2D eigenvalue weighted by atomic mass is 32.2. The first kappa shape index (κ1) is 12.8. The van der Waals surface area contributed by atoms with Gasteiger partial charge in [-0.1, -0.05) is 19.8 Å². The maximum absolute atomic E-state index is 11.5. The second-order valence-electron chi connectivity index (χ2n) is 4.01. The minimum Gasteiger partial charge on any atom is -0.351 e. The molecule has 0 aliphatic heterocycles. The van der Waals surface area contributed by atoms with Crippen LogP contribution in [-0.4, -0.2) is 36.5 Å². The van der Waals surface area contributed by atoms with Crippen LogP contribution in [0.25, 0.3) is 0 Å². The van der Waals surface area contributed by atoms with Crippen molar-refractivity contribution in [3.63, 3.8) is 0 Å². The average Bonchev–Trinajstić information content (AvgIpc) is 2.27. The molecule has 1 amide bonds. The molecule has 0 heterocycles. The largest absolute Gasteiger partial charge is 0.351 e. The highest BCUT2D eigenvalue weighted by molar-refractivity contribution is 7.99. The van der Waals surface area contributed by atoms with E-state index >= 15 is 0 Å². The van der Waals surface area contributed by atoms with E-state index in [0.29, 0.717) is 17.8 Å². The predicted octanol–water partition coefficient (Wildman–Crippen LogP) is 1.39. The minimum absolute atomic E-state index is 0.141. The Hall–Kier alpha value is -0.220. The number of rotatable bonds is 5. The first-order chi connectivity index (χ1) is 7.27. The molecular weight excluding hydrogens is 208 g/mol. The summed E-state index contributed by atoms with van der Waals surface area (Å²) in [5, 5.41) is 6.80. The first-order valence-corrected chi connectivity index (χ1v) is 7.09. The quantitative estimate of drug-likeness (QED) is 0.750. The number of amides is 1. The van der Waals surface area contributed by atoms with Gasteiger partial charge < -0.3 is 10.6 Å². The fourth-order valence-corrected chi connectivity index (χ4v) is 2.98. The zero-order valence-electron chi connectivity index (χ0n) is 9.71. The molecule has 2 N–H and O–H groups in total. The first-order valence-electron chi connectivity index (χ1n) is 5.80. The van der Waals surface area contributed by atoms with Crippen molar-refractivity contribution >= 4 is 17.7 Å². The lowest BCUT2D eigenvalue weighted by Gasteiger charge is -2.30. The number of likely N-dealkylation sites (N-methyl/N-ethyl adjacent to an activating group) is 1. The van der Waals surface area contributed by atoms with E-state index in [-0.39, 0.29) is 5.91 Å². The maximum atomic E-state index is 11.5. The number of thioether (sulfide) groups is 1. The van der Waals surface area contributed by atoms with Crippen LogP contribution < -0.4 is 10.6 Å². The lowest BCUT2D eigenvalue weighted by atomic mass is 9.95. The Balaban J connectivity index is 2.30. The van der Waals surface area contributed by atoms with Crippen LogP contribution in [0.1, 0.15) is 32.6 Å². The normalized spacial score (nSPS) is 26.3. The van der Waals surface area contributed by atoms with Crippen molar-refractivity contribution in [2.24, 2.45) is 0 Å². The van der Waals surface area contributed by atoms with Gasteiger partial charge in [0.05, 0.1) is 6.54 Å². The molecule has 3 nitrogen and oxygen atoms in total. The molecule has 0 aromatic carbocycles.